The molecule has 18 heavy (non-hydrogen) atoms. The Morgan fingerprint density at radius 2 is 2.28 bits per heavy atom. The Kier molecular flexibility index (Phi) is 3.38. The lowest BCUT2D eigenvalue weighted by molar-refractivity contribution is 0.249. The van der Waals surface area contributed by atoms with Gasteiger partial charge in [-0.1, -0.05) is 18.0 Å². The van der Waals surface area contributed by atoms with Gasteiger partial charge in [-0.3, -0.25) is 0 Å². The van der Waals surface area contributed by atoms with E-state index in [-0.39, 0.29) is 0 Å². The summed E-state index contributed by atoms with van der Waals surface area (Å²) < 4.78 is 5.41. The maximum Gasteiger partial charge on any atom is 0.230 e. The first-order valence-corrected chi connectivity index (χ1v) is 7.25. The molecule has 2 aromatic heterocycles. The van der Waals surface area contributed by atoms with Crippen LogP contribution < -0.4 is 5.73 Å². The number of aromatic nitrogens is 3. The Labute approximate surface area is 109 Å². The molecule has 0 amide bonds. The van der Waals surface area contributed by atoms with Crippen molar-refractivity contribution in [3.63, 3.8) is 0 Å². The zero-order valence-electron chi connectivity index (χ0n) is 10.1. The van der Waals surface area contributed by atoms with Crippen molar-refractivity contribution < 1.29 is 4.52 Å². The monoisotopic (exact) mass is 264 g/mol. The van der Waals surface area contributed by atoms with E-state index in [9.17, 15) is 0 Å². The fourth-order valence-corrected chi connectivity index (χ4v) is 3.16. The summed E-state index contributed by atoms with van der Waals surface area (Å²) >= 11 is 1.53. The second-order valence-electron chi connectivity index (χ2n) is 4.72. The third kappa shape index (κ3) is 2.18. The first-order chi connectivity index (χ1) is 8.88. The molecule has 0 spiro atoms. The maximum absolute atomic E-state index is 5.83. The molecular weight excluding hydrogens is 248 g/mol. The van der Waals surface area contributed by atoms with Crippen LogP contribution in [0.4, 0.5) is 0 Å². The summed E-state index contributed by atoms with van der Waals surface area (Å²) in [6, 6.07) is 0. The summed E-state index contributed by atoms with van der Waals surface area (Å²) in [6.07, 6.45) is 4.73. The quantitative estimate of drug-likeness (QED) is 0.921. The van der Waals surface area contributed by atoms with Crippen molar-refractivity contribution in [2.45, 2.75) is 31.6 Å². The normalized spacial score (nSPS) is 24.3. The number of hydrogen-bond acceptors (Lipinski definition) is 6. The topological polar surface area (TPSA) is 77.8 Å². The van der Waals surface area contributed by atoms with Crippen LogP contribution in [0.2, 0.25) is 0 Å². The van der Waals surface area contributed by atoms with Crippen LogP contribution in [-0.4, -0.2) is 21.7 Å². The second-order valence-corrected chi connectivity index (χ2v) is 5.44. The van der Waals surface area contributed by atoms with Crippen molar-refractivity contribution in [3.8, 4) is 11.5 Å². The molecule has 0 saturated heterocycles. The van der Waals surface area contributed by atoms with E-state index in [0.29, 0.717) is 24.2 Å². The van der Waals surface area contributed by atoms with E-state index in [2.05, 4.69) is 15.1 Å². The van der Waals surface area contributed by atoms with Crippen LogP contribution in [0.1, 0.15) is 37.5 Å². The van der Waals surface area contributed by atoms with Gasteiger partial charge in [-0.25, -0.2) is 4.98 Å². The lowest BCUT2D eigenvalue weighted by Gasteiger charge is -2.27. The minimum Gasteiger partial charge on any atom is -0.339 e. The summed E-state index contributed by atoms with van der Waals surface area (Å²) in [4.78, 5) is 8.68. The number of hydrogen-bond donors (Lipinski definition) is 1. The van der Waals surface area contributed by atoms with Crippen molar-refractivity contribution in [1.29, 1.82) is 0 Å². The highest BCUT2D eigenvalue weighted by Crippen LogP contribution is 2.36. The van der Waals surface area contributed by atoms with Gasteiger partial charge in [0, 0.05) is 11.3 Å². The maximum atomic E-state index is 5.83. The molecule has 0 aliphatic heterocycles. The lowest BCUT2D eigenvalue weighted by Crippen LogP contribution is -2.25. The van der Waals surface area contributed by atoms with E-state index in [0.717, 1.165) is 24.4 Å². The van der Waals surface area contributed by atoms with Crippen molar-refractivity contribution >= 4 is 11.3 Å². The molecule has 1 aliphatic carbocycles. The van der Waals surface area contributed by atoms with Gasteiger partial charge in [-0.15, -0.1) is 11.3 Å². The van der Waals surface area contributed by atoms with Crippen LogP contribution >= 0.6 is 11.3 Å². The van der Waals surface area contributed by atoms with Crippen molar-refractivity contribution in [2.24, 2.45) is 11.7 Å². The third-order valence-corrected chi connectivity index (χ3v) is 4.22. The molecule has 2 aromatic rings. The van der Waals surface area contributed by atoms with Gasteiger partial charge in [0.25, 0.3) is 0 Å². The molecule has 1 saturated carbocycles. The number of nitrogens with zero attached hydrogens (tertiary/aromatic N) is 3. The van der Waals surface area contributed by atoms with Crippen LogP contribution in [0.3, 0.4) is 0 Å². The molecule has 0 bridgehead atoms. The fraction of sp³-hybridized carbons (Fsp3) is 0.583. The Balaban J connectivity index is 1.84. The van der Waals surface area contributed by atoms with E-state index in [1.165, 1.54) is 24.2 Å². The van der Waals surface area contributed by atoms with Gasteiger partial charge in [-0.05, 0) is 25.3 Å². The SMILES string of the molecule is NCC1CCCCC1c1nc(-c2cscn2)no1. The highest BCUT2D eigenvalue weighted by atomic mass is 32.1. The average Bonchev–Trinajstić information content (AvgIpc) is 3.09. The van der Waals surface area contributed by atoms with E-state index in [4.69, 9.17) is 10.3 Å². The Morgan fingerprint density at radius 3 is 3.06 bits per heavy atom. The van der Waals surface area contributed by atoms with Crippen molar-refractivity contribution in [2.75, 3.05) is 6.54 Å². The first-order valence-electron chi connectivity index (χ1n) is 6.30. The van der Waals surface area contributed by atoms with E-state index < -0.39 is 0 Å². The molecular formula is C12H16N4OS. The van der Waals surface area contributed by atoms with Gasteiger partial charge in [-0.2, -0.15) is 4.98 Å². The van der Waals surface area contributed by atoms with Gasteiger partial charge in [0.2, 0.25) is 11.7 Å². The molecule has 6 heteroatoms. The predicted octanol–water partition coefficient (Wildman–Crippen LogP) is 2.43. The molecule has 2 atom stereocenters. The molecule has 96 valence electrons. The fourth-order valence-electron chi connectivity index (χ4n) is 2.63. The Morgan fingerprint density at radius 1 is 1.39 bits per heavy atom. The molecule has 2 N–H and O–H groups in total. The third-order valence-electron chi connectivity index (χ3n) is 3.63. The Bertz CT molecular complexity index is 496. The van der Waals surface area contributed by atoms with E-state index in [1.807, 2.05) is 5.38 Å². The molecule has 5 nitrogen and oxygen atoms in total. The van der Waals surface area contributed by atoms with E-state index in [1.54, 1.807) is 5.51 Å². The van der Waals surface area contributed by atoms with Gasteiger partial charge >= 0.3 is 0 Å². The summed E-state index contributed by atoms with van der Waals surface area (Å²) in [7, 11) is 0. The average molecular weight is 264 g/mol. The molecule has 0 aromatic carbocycles. The molecule has 2 heterocycles. The summed E-state index contributed by atoms with van der Waals surface area (Å²) in [5.41, 5.74) is 8.39. The minimum atomic E-state index is 0.323. The highest BCUT2D eigenvalue weighted by molar-refractivity contribution is 7.07. The Hall–Kier alpha value is -1.27. The smallest absolute Gasteiger partial charge is 0.230 e. The molecule has 1 aliphatic rings. The highest BCUT2D eigenvalue weighted by Gasteiger charge is 2.30. The number of thiazole rings is 1. The largest absolute Gasteiger partial charge is 0.339 e. The van der Waals surface area contributed by atoms with Crippen molar-refractivity contribution in [3.05, 3.63) is 16.8 Å². The summed E-state index contributed by atoms with van der Waals surface area (Å²) in [6.45, 7) is 0.694. The zero-order valence-corrected chi connectivity index (χ0v) is 10.9. The standard InChI is InChI=1S/C12H16N4OS/c13-5-8-3-1-2-4-9(8)12-15-11(16-17-12)10-6-18-7-14-10/h6-9H,1-5,13H2. The first kappa shape index (κ1) is 11.8. The predicted molar refractivity (Wildman–Crippen MR) is 69.2 cm³/mol. The van der Waals surface area contributed by atoms with Gasteiger partial charge in [0.1, 0.15) is 5.69 Å². The summed E-state index contributed by atoms with van der Waals surface area (Å²) in [5.74, 6) is 2.12. The molecule has 2 unspecified atom stereocenters. The van der Waals surface area contributed by atoms with Gasteiger partial charge in [0.15, 0.2) is 0 Å². The van der Waals surface area contributed by atoms with Crippen LogP contribution in [0, 0.1) is 5.92 Å². The van der Waals surface area contributed by atoms with Crippen LogP contribution in [0.15, 0.2) is 15.4 Å². The summed E-state index contributed by atoms with van der Waals surface area (Å²) in [5, 5.41) is 5.95. The molecule has 3 rings (SSSR count). The molecule has 0 radical (unpaired) electrons. The number of nitrogens with two attached hydrogens (primary N) is 1. The van der Waals surface area contributed by atoms with Crippen molar-refractivity contribution in [1.82, 2.24) is 15.1 Å². The van der Waals surface area contributed by atoms with E-state index >= 15 is 0 Å². The van der Waals surface area contributed by atoms with Gasteiger partial charge < -0.3 is 10.3 Å². The second kappa shape index (κ2) is 5.16. The lowest BCUT2D eigenvalue weighted by atomic mass is 9.79. The number of rotatable bonds is 3. The van der Waals surface area contributed by atoms with Gasteiger partial charge in [0.05, 0.1) is 5.51 Å². The minimum absolute atomic E-state index is 0.323. The zero-order chi connectivity index (χ0) is 12.4. The molecule has 1 fully saturated rings. The van der Waals surface area contributed by atoms with Crippen LogP contribution in [-0.2, 0) is 0 Å². The van der Waals surface area contributed by atoms with Crippen LogP contribution in [0.25, 0.3) is 11.5 Å². The van der Waals surface area contributed by atoms with Crippen LogP contribution in [0.5, 0.6) is 0 Å².